The van der Waals surface area contributed by atoms with Gasteiger partial charge in [-0.3, -0.25) is 0 Å². The topological polar surface area (TPSA) is 74.9 Å². The molecule has 0 unspecified atom stereocenters. The zero-order valence-electron chi connectivity index (χ0n) is 36.4. The van der Waals surface area contributed by atoms with Crippen molar-refractivity contribution in [2.45, 2.75) is 6.42 Å². The van der Waals surface area contributed by atoms with Gasteiger partial charge >= 0.3 is 0 Å². The highest BCUT2D eigenvalue weighted by atomic mass is 16.5. The molecule has 322 valence electrons. The summed E-state index contributed by atoms with van der Waals surface area (Å²) in [4.78, 5) is 0. The van der Waals surface area contributed by atoms with Crippen LogP contribution in [0.15, 0.2) is 223 Å². The molecule has 6 nitrogen and oxygen atoms in total. The second kappa shape index (κ2) is 17.5. The number of fused-ring (bicyclic) bond motifs is 16. The van der Waals surface area contributed by atoms with Gasteiger partial charge in [-0.1, -0.05) is 153 Å². The minimum atomic E-state index is 0.483. The molecule has 2 aliphatic rings. The van der Waals surface area contributed by atoms with Crippen LogP contribution in [-0.4, -0.2) is 0 Å². The lowest BCUT2D eigenvalue weighted by molar-refractivity contribution is 0.330. The van der Waals surface area contributed by atoms with Gasteiger partial charge in [0.1, 0.15) is 67.4 Å². The number of para-hydroxylation sites is 2. The Bertz CT molecular complexity index is 4080. The van der Waals surface area contributed by atoms with Gasteiger partial charge in [0, 0.05) is 55.1 Å². The fourth-order valence-corrected chi connectivity index (χ4v) is 8.84. The Balaban J connectivity index is 1.09. The maximum absolute atomic E-state index is 6.52. The van der Waals surface area contributed by atoms with Crippen molar-refractivity contribution in [3.63, 3.8) is 0 Å². The molecule has 6 heteroatoms. The van der Waals surface area contributed by atoms with Crippen LogP contribution in [0, 0.1) is 0 Å². The van der Waals surface area contributed by atoms with Crippen molar-refractivity contribution < 1.29 is 26.8 Å². The van der Waals surface area contributed by atoms with E-state index in [0.29, 0.717) is 45.7 Å². The van der Waals surface area contributed by atoms with Crippen molar-refractivity contribution in [2.75, 3.05) is 0 Å². The molecular formula is C61H42O6. The smallest absolute Gasteiger partial charge is 0.147 e. The molecule has 0 amide bonds. The molecule has 0 radical (unpaired) electrons. The highest BCUT2D eigenvalue weighted by Gasteiger charge is 2.19. The predicted octanol–water partition coefficient (Wildman–Crippen LogP) is 13.6. The molecule has 0 fully saturated rings. The lowest BCUT2D eigenvalue weighted by atomic mass is 10.0. The van der Waals surface area contributed by atoms with Crippen molar-refractivity contribution in [1.82, 2.24) is 0 Å². The summed E-state index contributed by atoms with van der Waals surface area (Å²) >= 11 is 0. The number of hydrogen-bond acceptors (Lipinski definition) is 6. The van der Waals surface area contributed by atoms with Crippen molar-refractivity contribution in [2.24, 2.45) is 0 Å². The first-order valence-electron chi connectivity index (χ1n) is 22.0. The molecule has 11 rings (SSSR count). The van der Waals surface area contributed by atoms with E-state index in [1.165, 1.54) is 0 Å². The summed E-state index contributed by atoms with van der Waals surface area (Å²) in [6.07, 6.45) is 43.6. The van der Waals surface area contributed by atoms with Gasteiger partial charge < -0.3 is 26.8 Å². The van der Waals surface area contributed by atoms with E-state index in [-0.39, 0.29) is 0 Å². The Morgan fingerprint density at radius 2 is 1.01 bits per heavy atom. The van der Waals surface area contributed by atoms with Crippen LogP contribution in [0.1, 0.15) is 22.6 Å². The van der Waals surface area contributed by atoms with Crippen molar-refractivity contribution >= 4 is 108 Å². The highest BCUT2D eigenvalue weighted by molar-refractivity contribution is 6.14. The Hall–Kier alpha value is -9.00. The lowest BCUT2D eigenvalue weighted by Crippen LogP contribution is -2.19. The normalized spacial score (nSPS) is 21.6. The van der Waals surface area contributed by atoms with Crippen LogP contribution in [0.4, 0.5) is 0 Å². The molecule has 0 N–H and O–H groups in total. The SMILES string of the molecule is C=Cc1oc2c(ccc3oc4/c(c32)=C\C=C\C=C\C=C2\OC(=C)/C=C\c3c(oc5ccccc35)C\C2=C\C=C\C=C\C=c2\oc3ccc5c6ccccc6oc5c3\c2=C\C=C\C=C\C=4)c1C=C. The molecule has 4 aromatic carbocycles. The van der Waals surface area contributed by atoms with Crippen LogP contribution in [0.5, 0.6) is 0 Å². The van der Waals surface area contributed by atoms with Crippen LogP contribution >= 0.6 is 0 Å². The van der Waals surface area contributed by atoms with Gasteiger partial charge in [0.05, 0.1) is 10.8 Å². The third-order valence-electron chi connectivity index (χ3n) is 11.9. The maximum atomic E-state index is 6.52. The molecule has 5 aromatic heterocycles. The Morgan fingerprint density at radius 1 is 0.448 bits per heavy atom. The number of allylic oxidation sites excluding steroid dienone is 16. The van der Waals surface area contributed by atoms with Crippen molar-refractivity contribution in [3.8, 4) is 0 Å². The van der Waals surface area contributed by atoms with Gasteiger partial charge in [-0.2, -0.15) is 0 Å². The minimum absolute atomic E-state index is 0.483. The first-order chi connectivity index (χ1) is 33.1. The van der Waals surface area contributed by atoms with E-state index >= 15 is 0 Å². The van der Waals surface area contributed by atoms with Crippen LogP contribution in [0.3, 0.4) is 0 Å². The minimum Gasteiger partial charge on any atom is -0.460 e. The maximum Gasteiger partial charge on any atom is 0.147 e. The lowest BCUT2D eigenvalue weighted by Gasteiger charge is -2.12. The zero-order valence-corrected chi connectivity index (χ0v) is 36.4. The number of furan rings is 5. The largest absolute Gasteiger partial charge is 0.460 e. The van der Waals surface area contributed by atoms with Crippen LogP contribution < -0.4 is 21.3 Å². The number of ether oxygens (including phenoxy) is 1. The average molecular weight is 871 g/mol. The summed E-state index contributed by atoms with van der Waals surface area (Å²) in [6, 6.07) is 24.2. The molecule has 0 atom stereocenters. The second-order valence-corrected chi connectivity index (χ2v) is 16.0. The van der Waals surface area contributed by atoms with Crippen LogP contribution in [-0.2, 0) is 11.2 Å². The van der Waals surface area contributed by atoms with Gasteiger partial charge in [-0.15, -0.1) is 0 Å². The molecular weight excluding hydrogens is 829 g/mol. The molecule has 9 aromatic rings. The molecule has 6 heterocycles. The Morgan fingerprint density at radius 3 is 1.67 bits per heavy atom. The van der Waals surface area contributed by atoms with E-state index < -0.39 is 0 Å². The molecule has 0 saturated heterocycles. The first kappa shape index (κ1) is 40.8. The first-order valence-corrected chi connectivity index (χ1v) is 22.0. The van der Waals surface area contributed by atoms with Gasteiger partial charge in [-0.05, 0) is 72.9 Å². The summed E-state index contributed by atoms with van der Waals surface area (Å²) in [5, 5.41) is 7.59. The molecule has 1 aliphatic heterocycles. The van der Waals surface area contributed by atoms with E-state index in [4.69, 9.17) is 26.8 Å². The van der Waals surface area contributed by atoms with Crippen LogP contribution in [0.25, 0.3) is 108 Å². The quantitative estimate of drug-likeness (QED) is 0.172. The standard InChI is InChI=1S/C61H42O6/c1-4-41-45-34-36-55-58(60(45)66-49(41)5-2)47-25-13-7-10-15-27-50-40(38-57-44(33-32-39(3)62-50)42-23-18-20-30-51(42)65-57)22-12-6-9-16-28-54-48(26-14-8-11-17-29-53(47)63-55)59-56(64-54)37-35-46-43-24-19-21-31-52(43)67-61(46)59/h4-37H,1-3,38H2/b9-6?,10-7?,11-8?,12-6+,13-7+,14-8+,15-10+,16-9+,17-11+,22-12?,25-13?,26-14?,27-15?,28-16?,29-17?,33-32-,40-22-,47-25+,48-26+,50-27+,50-40?,53-29+,54-28+. The van der Waals surface area contributed by atoms with Crippen molar-refractivity contribution in [3.05, 3.63) is 245 Å². The third-order valence-corrected chi connectivity index (χ3v) is 11.9. The molecule has 0 saturated carbocycles. The van der Waals surface area contributed by atoms with Gasteiger partial charge in [0.25, 0.3) is 0 Å². The summed E-state index contributed by atoms with van der Waals surface area (Å²) < 4.78 is 38.8. The summed E-state index contributed by atoms with van der Waals surface area (Å²) in [5.41, 5.74) is 8.73. The average Bonchev–Trinajstić information content (AvgIpc) is 4.16. The predicted molar refractivity (Wildman–Crippen MR) is 276 cm³/mol. The fraction of sp³-hybridized carbons (Fsp3) is 0.0164. The van der Waals surface area contributed by atoms with E-state index in [0.717, 1.165) is 87.5 Å². The van der Waals surface area contributed by atoms with Crippen molar-refractivity contribution in [1.29, 1.82) is 0 Å². The van der Waals surface area contributed by atoms with E-state index in [9.17, 15) is 0 Å². The van der Waals surface area contributed by atoms with E-state index in [2.05, 4.69) is 44.0 Å². The Labute approximate surface area is 384 Å². The Kier molecular flexibility index (Phi) is 10.7. The van der Waals surface area contributed by atoms with Gasteiger partial charge in [0.15, 0.2) is 0 Å². The van der Waals surface area contributed by atoms with Gasteiger partial charge in [-0.25, -0.2) is 0 Å². The summed E-state index contributed by atoms with van der Waals surface area (Å²) in [6.45, 7) is 12.2. The highest BCUT2D eigenvalue weighted by Crippen LogP contribution is 2.35. The zero-order chi connectivity index (χ0) is 45.3. The number of rotatable bonds is 2. The van der Waals surface area contributed by atoms with E-state index in [1.807, 2.05) is 170 Å². The third kappa shape index (κ3) is 7.56. The number of benzene rings is 4. The van der Waals surface area contributed by atoms with E-state index in [1.54, 1.807) is 12.2 Å². The monoisotopic (exact) mass is 870 g/mol. The summed E-state index contributed by atoms with van der Waals surface area (Å²) in [5.74, 6) is 2.63. The van der Waals surface area contributed by atoms with Crippen LogP contribution in [0.2, 0.25) is 0 Å². The number of hydrogen-bond donors (Lipinski definition) is 0. The van der Waals surface area contributed by atoms with Gasteiger partial charge in [0.2, 0.25) is 0 Å². The second-order valence-electron chi connectivity index (χ2n) is 16.0. The molecule has 67 heavy (non-hydrogen) atoms. The molecule has 1 aliphatic carbocycles. The fourth-order valence-electron chi connectivity index (χ4n) is 8.84. The summed E-state index contributed by atoms with van der Waals surface area (Å²) in [7, 11) is 0. The molecule has 0 bridgehead atoms. The molecule has 0 spiro atoms.